The second-order valence-electron chi connectivity index (χ2n) is 8.01. The Morgan fingerprint density at radius 3 is 2.23 bits per heavy atom. The predicted molar refractivity (Wildman–Crippen MR) is 109 cm³/mol. The van der Waals surface area contributed by atoms with E-state index >= 15 is 0 Å². The number of benzene rings is 1. The van der Waals surface area contributed by atoms with Crippen LogP contribution in [0.1, 0.15) is 33.3 Å². The van der Waals surface area contributed by atoms with Crippen molar-refractivity contribution in [2.24, 2.45) is 0 Å². The highest BCUT2D eigenvalue weighted by Gasteiger charge is 2.52. The summed E-state index contributed by atoms with van der Waals surface area (Å²) >= 11 is 0. The van der Waals surface area contributed by atoms with Gasteiger partial charge in [-0.3, -0.25) is 4.72 Å². The van der Waals surface area contributed by atoms with Gasteiger partial charge in [0, 0.05) is 11.7 Å². The summed E-state index contributed by atoms with van der Waals surface area (Å²) in [6.45, 7) is 7.40. The van der Waals surface area contributed by atoms with Gasteiger partial charge in [0.05, 0.1) is 28.8 Å². The Morgan fingerprint density at radius 1 is 1.10 bits per heavy atom. The van der Waals surface area contributed by atoms with Gasteiger partial charge in [-0.15, -0.1) is 0 Å². The van der Waals surface area contributed by atoms with E-state index in [0.717, 1.165) is 12.1 Å². The average Bonchev–Trinajstić information content (AvgIpc) is 2.88. The molecule has 1 aromatic heterocycles. The first-order chi connectivity index (χ1) is 14.2. The molecule has 1 saturated heterocycles. The lowest BCUT2D eigenvalue weighted by Gasteiger charge is -2.32. The summed E-state index contributed by atoms with van der Waals surface area (Å²) < 4.78 is 84.7. The van der Waals surface area contributed by atoms with Crippen LogP contribution in [0.4, 0.5) is 18.9 Å². The summed E-state index contributed by atoms with van der Waals surface area (Å²) in [6.07, 6.45) is -3.46. The predicted octanol–water partition coefficient (Wildman–Crippen LogP) is 3.21. The summed E-state index contributed by atoms with van der Waals surface area (Å²) in [7, 11) is -4.21. The number of methoxy groups -OCH3 is 1. The van der Waals surface area contributed by atoms with Gasteiger partial charge in [0.1, 0.15) is 5.69 Å². The van der Waals surface area contributed by atoms with E-state index in [2.05, 4.69) is 9.71 Å². The molecular formula is C19H22BF3N2O5S. The van der Waals surface area contributed by atoms with Crippen molar-refractivity contribution in [3.63, 3.8) is 0 Å². The van der Waals surface area contributed by atoms with Crippen LogP contribution in [0, 0.1) is 0 Å². The molecule has 0 bridgehead atoms. The highest BCUT2D eigenvalue weighted by atomic mass is 32.2. The lowest BCUT2D eigenvalue weighted by Crippen LogP contribution is -2.41. The third-order valence-corrected chi connectivity index (χ3v) is 6.74. The molecule has 0 atom stereocenters. The molecule has 2 heterocycles. The molecule has 0 saturated carbocycles. The number of aromatic nitrogens is 1. The Bertz CT molecular complexity index is 1070. The lowest BCUT2D eigenvalue weighted by atomic mass is 9.80. The topological polar surface area (TPSA) is 86.8 Å². The fourth-order valence-corrected chi connectivity index (χ4v) is 4.22. The highest BCUT2D eigenvalue weighted by Crippen LogP contribution is 2.38. The van der Waals surface area contributed by atoms with Gasteiger partial charge in [0.25, 0.3) is 10.0 Å². The van der Waals surface area contributed by atoms with Crippen molar-refractivity contribution >= 4 is 28.3 Å². The summed E-state index contributed by atoms with van der Waals surface area (Å²) in [5.41, 5.74) is -2.35. The van der Waals surface area contributed by atoms with Crippen molar-refractivity contribution < 1.29 is 35.6 Å². The molecule has 1 aromatic carbocycles. The molecule has 1 aliphatic rings. The van der Waals surface area contributed by atoms with Gasteiger partial charge in [0.2, 0.25) is 5.88 Å². The first kappa shape index (κ1) is 23.4. The van der Waals surface area contributed by atoms with Crippen molar-refractivity contribution in [3.8, 4) is 5.88 Å². The Morgan fingerprint density at radius 2 is 1.68 bits per heavy atom. The van der Waals surface area contributed by atoms with Gasteiger partial charge in [0.15, 0.2) is 0 Å². The van der Waals surface area contributed by atoms with E-state index in [1.807, 2.05) is 27.7 Å². The number of hydrogen-bond acceptors (Lipinski definition) is 6. The number of pyridine rings is 1. The number of anilines is 1. The van der Waals surface area contributed by atoms with Crippen molar-refractivity contribution in [3.05, 3.63) is 42.1 Å². The second kappa shape index (κ2) is 7.68. The third-order valence-electron chi connectivity index (χ3n) is 5.32. The fourth-order valence-electron chi connectivity index (χ4n) is 2.95. The summed E-state index contributed by atoms with van der Waals surface area (Å²) in [4.78, 5) is 3.14. The van der Waals surface area contributed by atoms with Gasteiger partial charge in [-0.25, -0.2) is 13.4 Å². The van der Waals surface area contributed by atoms with Crippen molar-refractivity contribution in [2.45, 2.75) is 50.0 Å². The van der Waals surface area contributed by atoms with E-state index in [-0.39, 0.29) is 11.6 Å². The van der Waals surface area contributed by atoms with E-state index in [4.69, 9.17) is 14.0 Å². The molecule has 168 valence electrons. The van der Waals surface area contributed by atoms with Crippen LogP contribution in [0.25, 0.3) is 0 Å². The van der Waals surface area contributed by atoms with Crippen LogP contribution in [0.5, 0.6) is 5.88 Å². The van der Waals surface area contributed by atoms with E-state index < -0.39 is 45.0 Å². The van der Waals surface area contributed by atoms with Crippen LogP contribution in [0.3, 0.4) is 0 Å². The molecule has 3 rings (SSSR count). The van der Waals surface area contributed by atoms with Gasteiger partial charge >= 0.3 is 13.3 Å². The molecule has 0 radical (unpaired) electrons. The number of sulfonamides is 1. The van der Waals surface area contributed by atoms with E-state index in [1.165, 1.54) is 25.4 Å². The summed E-state index contributed by atoms with van der Waals surface area (Å²) in [5, 5.41) is 0. The molecule has 0 amide bonds. The number of halogens is 3. The lowest BCUT2D eigenvalue weighted by molar-refractivity contribution is -0.139. The molecule has 7 nitrogen and oxygen atoms in total. The number of alkyl halides is 3. The minimum absolute atomic E-state index is 0.117. The van der Waals surface area contributed by atoms with Gasteiger partial charge in [-0.2, -0.15) is 13.2 Å². The standard InChI is InChI=1S/C19H22BF3N2O5S/c1-17(2)18(3,4)30-20(29-17)12-10-14(16(28-5)24-11-12)25-31(26,27)15-9-7-6-8-13(15)19(21,22)23/h6-11,25H,1-5H3. The number of nitrogens with one attached hydrogen (secondary N) is 1. The Balaban J connectivity index is 2.00. The molecule has 0 spiro atoms. The Kier molecular flexibility index (Phi) is 5.79. The van der Waals surface area contributed by atoms with Crippen molar-refractivity contribution in [2.75, 3.05) is 11.8 Å². The van der Waals surface area contributed by atoms with Crippen LogP contribution in [-0.2, 0) is 25.5 Å². The summed E-state index contributed by atoms with van der Waals surface area (Å²) in [6, 6.07) is 5.26. The van der Waals surface area contributed by atoms with Crippen LogP contribution >= 0.6 is 0 Å². The van der Waals surface area contributed by atoms with Crippen LogP contribution in [-0.4, -0.2) is 38.8 Å². The van der Waals surface area contributed by atoms with Crippen LogP contribution in [0.15, 0.2) is 41.4 Å². The smallest absolute Gasteiger partial charge is 0.480 e. The zero-order chi connectivity index (χ0) is 23.2. The maximum absolute atomic E-state index is 13.3. The maximum atomic E-state index is 13.3. The molecule has 1 N–H and O–H groups in total. The molecule has 1 aliphatic heterocycles. The Hall–Kier alpha value is -2.31. The first-order valence-corrected chi connectivity index (χ1v) is 10.7. The van der Waals surface area contributed by atoms with Gasteiger partial charge < -0.3 is 14.0 Å². The van der Waals surface area contributed by atoms with E-state index in [0.29, 0.717) is 11.5 Å². The molecule has 2 aromatic rings. The molecule has 31 heavy (non-hydrogen) atoms. The zero-order valence-electron chi connectivity index (χ0n) is 17.6. The summed E-state index contributed by atoms with van der Waals surface area (Å²) in [5.74, 6) is -0.117. The van der Waals surface area contributed by atoms with Crippen LogP contribution < -0.4 is 14.9 Å². The SMILES string of the molecule is COc1ncc(B2OC(C)(C)C(C)(C)O2)cc1NS(=O)(=O)c1ccccc1C(F)(F)F. The second-order valence-corrected chi connectivity index (χ2v) is 9.66. The molecule has 1 fully saturated rings. The normalized spacial score (nSPS) is 18.1. The quantitative estimate of drug-likeness (QED) is 0.693. The monoisotopic (exact) mass is 458 g/mol. The average molecular weight is 458 g/mol. The van der Waals surface area contributed by atoms with Gasteiger partial charge in [-0.1, -0.05) is 12.1 Å². The number of ether oxygens (including phenoxy) is 1. The van der Waals surface area contributed by atoms with Crippen LogP contribution in [0.2, 0.25) is 0 Å². The maximum Gasteiger partial charge on any atom is 0.496 e. The molecule has 0 unspecified atom stereocenters. The number of nitrogens with zero attached hydrogens (tertiary/aromatic N) is 1. The van der Waals surface area contributed by atoms with Crippen molar-refractivity contribution in [1.29, 1.82) is 0 Å². The highest BCUT2D eigenvalue weighted by molar-refractivity contribution is 7.92. The number of hydrogen-bond donors (Lipinski definition) is 1. The minimum atomic E-state index is -4.85. The Labute approximate surface area is 179 Å². The van der Waals surface area contributed by atoms with E-state index in [9.17, 15) is 21.6 Å². The molecular weight excluding hydrogens is 436 g/mol. The van der Waals surface area contributed by atoms with Crippen molar-refractivity contribution in [1.82, 2.24) is 4.98 Å². The largest absolute Gasteiger partial charge is 0.496 e. The van der Waals surface area contributed by atoms with E-state index in [1.54, 1.807) is 0 Å². The minimum Gasteiger partial charge on any atom is -0.480 e. The zero-order valence-corrected chi connectivity index (χ0v) is 18.4. The fraction of sp³-hybridized carbons (Fsp3) is 0.421. The molecule has 0 aliphatic carbocycles. The van der Waals surface area contributed by atoms with Gasteiger partial charge in [-0.05, 0) is 45.9 Å². The first-order valence-electron chi connectivity index (χ1n) is 9.26. The third kappa shape index (κ3) is 4.51. The molecule has 12 heteroatoms. The number of rotatable bonds is 5.